The summed E-state index contributed by atoms with van der Waals surface area (Å²) >= 11 is 0. The van der Waals surface area contributed by atoms with Gasteiger partial charge in [0.05, 0.1) is 11.8 Å². The molecule has 1 unspecified atom stereocenters. The van der Waals surface area contributed by atoms with Crippen molar-refractivity contribution in [1.82, 2.24) is 18.7 Å². The molecule has 8 nitrogen and oxygen atoms in total. The van der Waals surface area contributed by atoms with Gasteiger partial charge in [0.1, 0.15) is 0 Å². The highest BCUT2D eigenvalue weighted by atomic mass is 16.2. The Balaban J connectivity index is 2.47. The summed E-state index contributed by atoms with van der Waals surface area (Å²) in [6.07, 6.45) is 1.52. The third-order valence-corrected chi connectivity index (χ3v) is 3.81. The lowest BCUT2D eigenvalue weighted by molar-refractivity contribution is 0.653. The van der Waals surface area contributed by atoms with Gasteiger partial charge >= 0.3 is 5.69 Å². The molecule has 2 aromatic heterocycles. The number of rotatable bonds is 2. The zero-order valence-electron chi connectivity index (χ0n) is 12.1. The molecule has 0 radical (unpaired) electrons. The number of hydrogen-bond acceptors (Lipinski definition) is 5. The fourth-order valence-electron chi connectivity index (χ4n) is 2.50. The highest BCUT2D eigenvalue weighted by Gasteiger charge is 2.26. The van der Waals surface area contributed by atoms with Gasteiger partial charge in [0.15, 0.2) is 11.2 Å². The maximum Gasteiger partial charge on any atom is 0.332 e. The molecular weight excluding hydrogens is 272 g/mol. The number of allylic oxidation sites excluding steroid dienone is 1. The summed E-state index contributed by atoms with van der Waals surface area (Å²) in [6, 6.07) is -0.103. The van der Waals surface area contributed by atoms with Crippen molar-refractivity contribution in [3.8, 4) is 0 Å². The summed E-state index contributed by atoms with van der Waals surface area (Å²) in [5, 5.41) is 4.16. The normalized spacial score (nSPS) is 17.3. The molecule has 110 valence electrons. The molecule has 1 atom stereocenters. The number of imidazole rings is 1. The molecule has 0 fully saturated rings. The fourth-order valence-corrected chi connectivity index (χ4v) is 2.50. The second-order valence-corrected chi connectivity index (χ2v) is 5.06. The molecule has 0 bridgehead atoms. The zero-order valence-corrected chi connectivity index (χ0v) is 12.1. The molecule has 0 spiro atoms. The van der Waals surface area contributed by atoms with Crippen LogP contribution in [0.1, 0.15) is 19.9 Å². The van der Waals surface area contributed by atoms with Crippen LogP contribution in [0.4, 0.5) is 5.95 Å². The molecule has 2 aromatic rings. The van der Waals surface area contributed by atoms with Gasteiger partial charge in [0, 0.05) is 13.6 Å². The van der Waals surface area contributed by atoms with Crippen LogP contribution in [0.25, 0.3) is 11.2 Å². The van der Waals surface area contributed by atoms with E-state index in [4.69, 9.17) is 0 Å². The van der Waals surface area contributed by atoms with Gasteiger partial charge in [-0.15, -0.1) is 6.58 Å². The maximum absolute atomic E-state index is 12.7. The maximum atomic E-state index is 12.7. The van der Waals surface area contributed by atoms with Crippen molar-refractivity contribution >= 4 is 22.8 Å². The Hall–Kier alpha value is -2.64. The van der Waals surface area contributed by atoms with Crippen LogP contribution < -0.4 is 16.7 Å². The Morgan fingerprint density at radius 3 is 2.81 bits per heavy atom. The quantitative estimate of drug-likeness (QED) is 0.813. The van der Waals surface area contributed by atoms with E-state index >= 15 is 0 Å². The predicted molar refractivity (Wildman–Crippen MR) is 80.9 cm³/mol. The standard InChI is InChI=1S/C13H16N6O2/c1-5-6-18-11(20)9-10(17(4)13(18)21)14-12-16-15-7(2)8(3)19(9)12/h5,8H,1,6H2,2-4H3,(H,14,16). The number of nitrogens with zero attached hydrogens (tertiary/aromatic N) is 5. The molecule has 3 rings (SSSR count). The molecule has 1 N–H and O–H groups in total. The number of fused-ring (bicyclic) bond motifs is 3. The van der Waals surface area contributed by atoms with E-state index < -0.39 is 5.69 Å². The van der Waals surface area contributed by atoms with E-state index in [0.717, 1.165) is 10.3 Å². The topological polar surface area (TPSA) is 86.2 Å². The first-order valence-electron chi connectivity index (χ1n) is 6.60. The van der Waals surface area contributed by atoms with Gasteiger partial charge in [-0.2, -0.15) is 10.1 Å². The van der Waals surface area contributed by atoms with Gasteiger partial charge in [0.25, 0.3) is 5.56 Å². The van der Waals surface area contributed by atoms with Crippen molar-refractivity contribution < 1.29 is 0 Å². The van der Waals surface area contributed by atoms with E-state index in [0.29, 0.717) is 17.1 Å². The Kier molecular flexibility index (Phi) is 2.82. The van der Waals surface area contributed by atoms with Gasteiger partial charge in [-0.1, -0.05) is 6.08 Å². The van der Waals surface area contributed by atoms with Gasteiger partial charge < -0.3 is 0 Å². The van der Waals surface area contributed by atoms with Crippen LogP contribution in [0.5, 0.6) is 0 Å². The van der Waals surface area contributed by atoms with E-state index in [9.17, 15) is 9.59 Å². The van der Waals surface area contributed by atoms with E-state index in [-0.39, 0.29) is 18.1 Å². The lowest BCUT2D eigenvalue weighted by atomic mass is 10.2. The van der Waals surface area contributed by atoms with Crippen molar-refractivity contribution in [3.63, 3.8) is 0 Å². The second-order valence-electron chi connectivity index (χ2n) is 5.06. The van der Waals surface area contributed by atoms with Crippen molar-refractivity contribution in [1.29, 1.82) is 0 Å². The predicted octanol–water partition coefficient (Wildman–Crippen LogP) is 0.445. The van der Waals surface area contributed by atoms with Gasteiger partial charge in [-0.25, -0.2) is 10.2 Å². The number of aromatic nitrogens is 4. The van der Waals surface area contributed by atoms with Crippen LogP contribution in [0, 0.1) is 0 Å². The van der Waals surface area contributed by atoms with Gasteiger partial charge in [0.2, 0.25) is 5.95 Å². The first kappa shape index (κ1) is 13.3. The Morgan fingerprint density at radius 2 is 2.14 bits per heavy atom. The van der Waals surface area contributed by atoms with Crippen LogP contribution in [-0.2, 0) is 13.6 Å². The lowest BCUT2D eigenvalue weighted by Crippen LogP contribution is -2.39. The summed E-state index contributed by atoms with van der Waals surface area (Å²) < 4.78 is 4.30. The number of anilines is 1. The molecule has 3 heterocycles. The minimum atomic E-state index is -0.409. The van der Waals surface area contributed by atoms with Crippen molar-refractivity contribution in [2.24, 2.45) is 12.1 Å². The third kappa shape index (κ3) is 1.68. The molecular formula is C13H16N6O2. The van der Waals surface area contributed by atoms with Crippen molar-refractivity contribution in [2.75, 3.05) is 5.43 Å². The molecule has 0 aromatic carbocycles. The molecule has 21 heavy (non-hydrogen) atoms. The molecule has 8 heteroatoms. The van der Waals surface area contributed by atoms with Gasteiger partial charge in [-0.3, -0.25) is 18.5 Å². The summed E-state index contributed by atoms with van der Waals surface area (Å²) in [5.74, 6) is 0.464. The monoisotopic (exact) mass is 288 g/mol. The number of aryl methyl sites for hydroxylation is 1. The van der Waals surface area contributed by atoms with Crippen LogP contribution in [0.15, 0.2) is 27.3 Å². The third-order valence-electron chi connectivity index (χ3n) is 3.81. The van der Waals surface area contributed by atoms with Crippen LogP contribution in [-0.4, -0.2) is 24.4 Å². The fraction of sp³-hybridized carbons (Fsp3) is 0.385. The average molecular weight is 288 g/mol. The van der Waals surface area contributed by atoms with Gasteiger partial charge in [-0.05, 0) is 13.8 Å². The van der Waals surface area contributed by atoms with Crippen molar-refractivity contribution in [2.45, 2.75) is 26.4 Å². The Bertz CT molecular complexity index is 898. The summed E-state index contributed by atoms with van der Waals surface area (Å²) in [4.78, 5) is 29.2. The Labute approximate surface area is 120 Å². The molecule has 0 amide bonds. The molecule has 1 aliphatic heterocycles. The molecule has 0 saturated heterocycles. The number of nitrogens with one attached hydrogen (secondary N) is 1. The second kappa shape index (κ2) is 4.44. The highest BCUT2D eigenvalue weighted by Crippen LogP contribution is 2.25. The van der Waals surface area contributed by atoms with Crippen LogP contribution in [0.2, 0.25) is 0 Å². The van der Waals surface area contributed by atoms with Crippen molar-refractivity contribution in [3.05, 3.63) is 33.5 Å². The summed E-state index contributed by atoms with van der Waals surface area (Å²) in [6.45, 7) is 7.56. The number of hydrazone groups is 1. The SMILES string of the molecule is C=CCn1c(=O)c2c(nc3n2C(C)C(C)=NN3)n(C)c1=O. The zero-order chi connectivity index (χ0) is 15.3. The van der Waals surface area contributed by atoms with E-state index in [1.807, 2.05) is 13.8 Å². The molecule has 1 aliphatic rings. The minimum Gasteiger partial charge on any atom is -0.294 e. The minimum absolute atomic E-state index is 0.103. The largest absolute Gasteiger partial charge is 0.332 e. The molecule has 0 saturated carbocycles. The lowest BCUT2D eigenvalue weighted by Gasteiger charge is -2.21. The van der Waals surface area contributed by atoms with E-state index in [1.54, 1.807) is 11.6 Å². The van der Waals surface area contributed by atoms with Crippen LogP contribution in [0.3, 0.4) is 0 Å². The summed E-state index contributed by atoms with van der Waals surface area (Å²) in [5.41, 5.74) is 3.62. The van der Waals surface area contributed by atoms with E-state index in [2.05, 4.69) is 22.1 Å². The first-order chi connectivity index (χ1) is 9.97. The smallest absolute Gasteiger partial charge is 0.294 e. The summed E-state index contributed by atoms with van der Waals surface area (Å²) in [7, 11) is 1.60. The average Bonchev–Trinajstić information content (AvgIpc) is 2.85. The van der Waals surface area contributed by atoms with E-state index in [1.165, 1.54) is 10.6 Å². The van der Waals surface area contributed by atoms with Crippen LogP contribution >= 0.6 is 0 Å². The number of hydrogen-bond donors (Lipinski definition) is 1. The molecule has 0 aliphatic carbocycles. The Morgan fingerprint density at radius 1 is 1.43 bits per heavy atom. The first-order valence-corrected chi connectivity index (χ1v) is 6.60. The highest BCUT2D eigenvalue weighted by molar-refractivity contribution is 5.90.